The van der Waals surface area contributed by atoms with Crippen LogP contribution in [-0.4, -0.2) is 54.4 Å². The first-order valence-electron chi connectivity index (χ1n) is 14.6. The Bertz CT molecular complexity index is 1230. The van der Waals surface area contributed by atoms with Gasteiger partial charge in [-0.05, 0) is 0 Å². The number of aromatic nitrogens is 2. The van der Waals surface area contributed by atoms with Crippen LogP contribution in [0.2, 0.25) is 0 Å². The molecule has 2 aromatic heterocycles. The van der Waals surface area contributed by atoms with Crippen molar-refractivity contribution in [2.24, 2.45) is 16.8 Å². The zero-order valence-corrected chi connectivity index (χ0v) is 23.0. The summed E-state index contributed by atoms with van der Waals surface area (Å²) in [6.45, 7) is 8.63. The second kappa shape index (κ2) is 10.1. The number of hydrogen-bond donors (Lipinski definition) is 1. The van der Waals surface area contributed by atoms with Crippen molar-refractivity contribution >= 4 is 18.5 Å². The number of nitrogens with one attached hydrogen (secondary N) is 1. The molecule has 0 bridgehead atoms. The second-order valence-electron chi connectivity index (χ2n) is 12.5. The molecule has 37 heavy (non-hydrogen) atoms. The van der Waals surface area contributed by atoms with Crippen LogP contribution in [0.5, 0.6) is 0 Å². The Morgan fingerprint density at radius 3 is 2.62 bits per heavy atom. The van der Waals surface area contributed by atoms with E-state index in [9.17, 15) is 4.79 Å². The summed E-state index contributed by atoms with van der Waals surface area (Å²) in [4.78, 5) is 26.7. The van der Waals surface area contributed by atoms with E-state index in [0.717, 1.165) is 61.5 Å². The Balaban J connectivity index is 1.43. The van der Waals surface area contributed by atoms with Crippen molar-refractivity contribution in [2.45, 2.75) is 96.2 Å². The van der Waals surface area contributed by atoms with Gasteiger partial charge in [-0.3, -0.25) is 0 Å². The zero-order chi connectivity index (χ0) is 25.7. The molecule has 4 atom stereocenters. The van der Waals surface area contributed by atoms with Gasteiger partial charge in [-0.2, -0.15) is 0 Å². The summed E-state index contributed by atoms with van der Waals surface area (Å²) in [6.07, 6.45) is 11.0. The number of rotatable bonds is 7. The van der Waals surface area contributed by atoms with Gasteiger partial charge in [-0.15, -0.1) is 0 Å². The molecule has 2 aromatic rings. The van der Waals surface area contributed by atoms with Crippen molar-refractivity contribution in [1.29, 1.82) is 0 Å². The van der Waals surface area contributed by atoms with Crippen LogP contribution in [0.25, 0.3) is 11.1 Å². The number of likely N-dealkylation sites (N-methyl/N-ethyl adjacent to an activating group) is 1. The van der Waals surface area contributed by atoms with E-state index < -0.39 is 0 Å². The van der Waals surface area contributed by atoms with Gasteiger partial charge >= 0.3 is 222 Å². The van der Waals surface area contributed by atoms with Crippen LogP contribution in [0, 0.1) is 11.8 Å². The molecule has 196 valence electrons. The van der Waals surface area contributed by atoms with Gasteiger partial charge in [-0.1, -0.05) is 0 Å². The summed E-state index contributed by atoms with van der Waals surface area (Å²) in [6, 6.07) is 5.09. The van der Waals surface area contributed by atoms with Crippen LogP contribution >= 0.6 is 0 Å². The Labute approximate surface area is 222 Å². The van der Waals surface area contributed by atoms with Crippen molar-refractivity contribution in [3.05, 3.63) is 39.8 Å². The fraction of sp³-hybridized carbons (Fsp3) is 0.667. The summed E-state index contributed by atoms with van der Waals surface area (Å²) in [5.41, 5.74) is 6.86. The first kappa shape index (κ1) is 25.0. The molecule has 0 spiro atoms. The average molecular weight is 500 g/mol. The Morgan fingerprint density at radius 1 is 1.16 bits per heavy atom. The summed E-state index contributed by atoms with van der Waals surface area (Å²) in [7, 11) is 4.26. The minimum atomic E-state index is 0.156. The van der Waals surface area contributed by atoms with Gasteiger partial charge in [0.15, 0.2) is 0 Å². The molecule has 6 nitrogen and oxygen atoms in total. The predicted octanol–water partition coefficient (Wildman–Crippen LogP) is 4.70. The first-order chi connectivity index (χ1) is 17.9. The second-order valence-corrected chi connectivity index (χ2v) is 12.5. The molecule has 7 heteroatoms. The SMILES string of the molecule is CNC1CC(n2bc3c(c(-c4ccc(C5CC5)nc4)c2=O)N(CC2CC2)CC(C)C3)CCC1N=C(C)C. The molecule has 0 radical (unpaired) electrons. The van der Waals surface area contributed by atoms with E-state index in [0.29, 0.717) is 11.8 Å². The van der Waals surface area contributed by atoms with E-state index >= 15 is 0 Å². The molecule has 1 N–H and O–H groups in total. The maximum atomic E-state index is 14.4. The molecule has 6 rings (SSSR count). The van der Waals surface area contributed by atoms with Crippen LogP contribution in [0.4, 0.5) is 5.69 Å². The van der Waals surface area contributed by atoms with Crippen LogP contribution in [0.15, 0.2) is 28.1 Å². The molecule has 3 aliphatic carbocycles. The Hall–Kier alpha value is -2.28. The quantitative estimate of drug-likeness (QED) is 0.562. The van der Waals surface area contributed by atoms with Crippen molar-refractivity contribution in [1.82, 2.24) is 14.8 Å². The Morgan fingerprint density at radius 2 is 1.97 bits per heavy atom. The van der Waals surface area contributed by atoms with E-state index in [-0.39, 0.29) is 23.7 Å². The molecule has 0 amide bonds. The van der Waals surface area contributed by atoms with Gasteiger partial charge in [0.2, 0.25) is 0 Å². The van der Waals surface area contributed by atoms with Gasteiger partial charge in [0.25, 0.3) is 0 Å². The first-order valence-corrected chi connectivity index (χ1v) is 14.6. The third kappa shape index (κ3) is 5.21. The van der Waals surface area contributed by atoms with Crippen LogP contribution in [0.1, 0.15) is 88.8 Å². The number of fused-ring (bicyclic) bond motifs is 1. The number of aliphatic imine (C=N–C) groups is 1. The monoisotopic (exact) mass is 499 g/mol. The number of hydrogen-bond acceptors (Lipinski definition) is 5. The van der Waals surface area contributed by atoms with Gasteiger partial charge in [0.1, 0.15) is 0 Å². The van der Waals surface area contributed by atoms with Gasteiger partial charge in [-0.25, -0.2) is 0 Å². The molecular formula is C30H42BN5O. The zero-order valence-electron chi connectivity index (χ0n) is 23.0. The van der Waals surface area contributed by atoms with E-state index in [1.54, 1.807) is 0 Å². The maximum absolute atomic E-state index is 14.4. The van der Waals surface area contributed by atoms with Crippen LogP contribution in [-0.2, 0) is 6.42 Å². The molecule has 1 aliphatic heterocycles. The average Bonchev–Trinajstić information content (AvgIpc) is 3.79. The molecule has 3 fully saturated rings. The van der Waals surface area contributed by atoms with Crippen LogP contribution < -0.4 is 15.8 Å². The number of pyridine rings is 1. The van der Waals surface area contributed by atoms with Crippen molar-refractivity contribution in [3.8, 4) is 11.1 Å². The van der Waals surface area contributed by atoms with Crippen molar-refractivity contribution < 1.29 is 0 Å². The molecule has 3 heterocycles. The molecule has 0 saturated heterocycles. The van der Waals surface area contributed by atoms with Crippen LogP contribution in [0.3, 0.4) is 0 Å². The summed E-state index contributed by atoms with van der Waals surface area (Å²) >= 11 is 0. The summed E-state index contributed by atoms with van der Waals surface area (Å²) in [5, 5.41) is 3.51. The van der Waals surface area contributed by atoms with Gasteiger partial charge in [0, 0.05) is 0 Å². The minimum absolute atomic E-state index is 0.156. The van der Waals surface area contributed by atoms with Gasteiger partial charge < -0.3 is 0 Å². The summed E-state index contributed by atoms with van der Waals surface area (Å²) < 4.78 is 2.10. The third-order valence-electron chi connectivity index (χ3n) is 8.92. The van der Waals surface area contributed by atoms with E-state index in [1.165, 1.54) is 42.5 Å². The molecule has 3 saturated carbocycles. The Kier molecular flexibility index (Phi) is 6.85. The molecule has 4 aliphatic rings. The standard InChI is InChI=1S/C30H42BN5O/c1-18(2)34-26-12-10-23(14-27(26)32-4)36-30(37)28(22-9-11-25(33-15-22)21-7-8-21)29-24(31-36)13-19(3)16-35(29)17-20-5-6-20/h9,11,15,19-21,23,26-27,32H,5-8,10,12-14,16-17H2,1-4H3. The molecular weight excluding hydrogens is 457 g/mol. The predicted molar refractivity (Wildman–Crippen MR) is 153 cm³/mol. The summed E-state index contributed by atoms with van der Waals surface area (Å²) in [5.74, 6) is 1.98. The third-order valence-corrected chi connectivity index (χ3v) is 8.92. The fourth-order valence-corrected chi connectivity index (χ4v) is 6.76. The normalized spacial score (nSPS) is 27.5. The van der Waals surface area contributed by atoms with E-state index in [4.69, 9.17) is 9.98 Å². The topological polar surface area (TPSA) is 62.5 Å². The van der Waals surface area contributed by atoms with Gasteiger partial charge in [0.05, 0.1) is 0 Å². The van der Waals surface area contributed by atoms with Crippen molar-refractivity contribution in [3.63, 3.8) is 0 Å². The molecule has 4 unspecified atom stereocenters. The van der Waals surface area contributed by atoms with E-state index in [2.05, 4.69) is 54.6 Å². The van der Waals surface area contributed by atoms with Crippen molar-refractivity contribution in [2.75, 3.05) is 25.0 Å². The molecule has 0 aromatic carbocycles. The number of nitrogens with zero attached hydrogens (tertiary/aromatic N) is 4. The fourth-order valence-electron chi connectivity index (χ4n) is 6.76. The van der Waals surface area contributed by atoms with E-state index in [1.807, 2.05) is 13.2 Å². The number of anilines is 1.